The fourth-order valence-electron chi connectivity index (χ4n) is 5.36. The molecule has 0 aliphatic rings. The normalized spacial score (nSPS) is 10.9. The van der Waals surface area contributed by atoms with Crippen LogP contribution in [0.15, 0.2) is 146 Å². The molecule has 0 N–H and O–H groups in total. The second kappa shape index (κ2) is 14.8. The lowest BCUT2D eigenvalue weighted by Gasteiger charge is -2.24. The molecule has 0 saturated carbocycles. The van der Waals surface area contributed by atoms with Gasteiger partial charge in [-0.3, -0.25) is 0 Å². The first-order valence-corrected chi connectivity index (χ1v) is 18.0. The van der Waals surface area contributed by atoms with Crippen molar-refractivity contribution in [3.8, 4) is 0 Å². The van der Waals surface area contributed by atoms with Crippen LogP contribution in [0.4, 0.5) is 0 Å². The van der Waals surface area contributed by atoms with Crippen LogP contribution in [0.3, 0.4) is 0 Å². The lowest BCUT2D eigenvalue weighted by atomic mass is 10.2. The molecule has 2 heteroatoms. The smallest absolute Gasteiger partial charge is 0.0122 e. The van der Waals surface area contributed by atoms with Crippen LogP contribution in [0.2, 0.25) is 0 Å². The third kappa shape index (κ3) is 7.63. The minimum absolute atomic E-state index is 0.483. The molecule has 0 nitrogen and oxygen atoms in total. The Hall–Kier alpha value is -3.82. The van der Waals surface area contributed by atoms with Crippen LogP contribution in [-0.2, 0) is 0 Å². The van der Waals surface area contributed by atoms with E-state index in [2.05, 4.69) is 187 Å². The van der Waals surface area contributed by atoms with Gasteiger partial charge in [-0.15, -0.1) is 0 Å². The minimum atomic E-state index is -0.508. The van der Waals surface area contributed by atoms with Gasteiger partial charge in [-0.1, -0.05) is 162 Å². The highest BCUT2D eigenvalue weighted by molar-refractivity contribution is 7.80. The van der Waals surface area contributed by atoms with Crippen LogP contribution in [-0.4, -0.2) is 0 Å². The maximum atomic E-state index is 2.29. The Kier molecular flexibility index (Phi) is 10.6. The summed E-state index contributed by atoms with van der Waals surface area (Å²) in [5.74, 6) is 0. The molecule has 0 unspecified atom stereocenters. The van der Waals surface area contributed by atoms with Gasteiger partial charge in [0.1, 0.15) is 0 Å². The zero-order valence-electron chi connectivity index (χ0n) is 26.8. The molecule has 0 fully saturated rings. The van der Waals surface area contributed by atoms with Crippen molar-refractivity contribution in [1.29, 1.82) is 0 Å². The Morgan fingerprint density at radius 1 is 0.273 bits per heavy atom. The molecule has 0 heterocycles. The van der Waals surface area contributed by atoms with Crippen molar-refractivity contribution in [3.63, 3.8) is 0 Å². The van der Waals surface area contributed by atoms with Crippen LogP contribution in [0.5, 0.6) is 0 Å². The first-order valence-electron chi connectivity index (χ1n) is 15.3. The van der Waals surface area contributed by atoms with Crippen molar-refractivity contribution in [2.75, 3.05) is 0 Å². The molecule has 6 rings (SSSR count). The van der Waals surface area contributed by atoms with E-state index in [0.29, 0.717) is 0 Å². The molecule has 0 atom stereocenters. The highest BCUT2D eigenvalue weighted by Gasteiger charge is 2.21. The van der Waals surface area contributed by atoms with E-state index >= 15 is 0 Å². The molecule has 0 spiro atoms. The molecule has 0 amide bonds. The molecule has 44 heavy (non-hydrogen) atoms. The summed E-state index contributed by atoms with van der Waals surface area (Å²) in [4.78, 5) is 0. The summed E-state index contributed by atoms with van der Waals surface area (Å²) in [7, 11) is -0.992. The van der Waals surface area contributed by atoms with E-state index in [4.69, 9.17) is 0 Å². The van der Waals surface area contributed by atoms with Gasteiger partial charge in [0.15, 0.2) is 0 Å². The van der Waals surface area contributed by atoms with E-state index in [1.54, 1.807) is 0 Å². The van der Waals surface area contributed by atoms with E-state index in [1.165, 1.54) is 65.2 Å². The first-order chi connectivity index (χ1) is 21.3. The Balaban J connectivity index is 0.000000175. The average Bonchev–Trinajstić information content (AvgIpc) is 3.03. The van der Waals surface area contributed by atoms with Crippen molar-refractivity contribution in [3.05, 3.63) is 179 Å². The van der Waals surface area contributed by atoms with Gasteiger partial charge in [-0.25, -0.2) is 0 Å². The van der Waals surface area contributed by atoms with Crippen LogP contribution in [0.1, 0.15) is 33.4 Å². The molecule has 0 radical (unpaired) electrons. The monoisotopic (exact) mass is 608 g/mol. The molecule has 0 aliphatic carbocycles. The summed E-state index contributed by atoms with van der Waals surface area (Å²) in [6.45, 7) is 13.1. The molecule has 0 aromatic heterocycles. The predicted octanol–water partition coefficient (Wildman–Crippen LogP) is 8.74. The summed E-state index contributed by atoms with van der Waals surface area (Å²) in [6.07, 6.45) is 0. The number of aryl methyl sites for hydroxylation is 6. The van der Waals surface area contributed by atoms with Gasteiger partial charge in [0.2, 0.25) is 0 Å². The fraction of sp³-hybridized carbons (Fsp3) is 0.143. The average molecular weight is 609 g/mol. The van der Waals surface area contributed by atoms with Gasteiger partial charge >= 0.3 is 0 Å². The van der Waals surface area contributed by atoms with Gasteiger partial charge in [-0.05, 0) is 106 Å². The largest absolute Gasteiger partial charge is 0.0620 e. The molecule has 0 saturated heterocycles. The summed E-state index contributed by atoms with van der Waals surface area (Å²) in [6, 6.07) is 53.4. The summed E-state index contributed by atoms with van der Waals surface area (Å²) < 4.78 is 0. The maximum Gasteiger partial charge on any atom is -0.0122 e. The van der Waals surface area contributed by atoms with Gasteiger partial charge in [0.25, 0.3) is 0 Å². The number of hydrogen-bond donors (Lipinski definition) is 0. The van der Waals surface area contributed by atoms with E-state index in [9.17, 15) is 0 Å². The van der Waals surface area contributed by atoms with Crippen LogP contribution < -0.4 is 31.8 Å². The molecule has 0 aliphatic heterocycles. The highest BCUT2D eigenvalue weighted by Crippen LogP contribution is 2.36. The topological polar surface area (TPSA) is 0 Å². The molecular formula is C42H42P2. The third-order valence-electron chi connectivity index (χ3n) is 7.95. The van der Waals surface area contributed by atoms with E-state index in [0.717, 1.165) is 0 Å². The van der Waals surface area contributed by atoms with Gasteiger partial charge in [0, 0.05) is 0 Å². The summed E-state index contributed by atoms with van der Waals surface area (Å²) in [5.41, 5.74) is 8.06. The van der Waals surface area contributed by atoms with E-state index < -0.39 is 15.8 Å². The van der Waals surface area contributed by atoms with Gasteiger partial charge < -0.3 is 0 Å². The maximum absolute atomic E-state index is 2.29. The Labute approximate surface area is 267 Å². The zero-order chi connectivity index (χ0) is 31.1. The summed E-state index contributed by atoms with van der Waals surface area (Å²) in [5, 5.41) is 8.61. The van der Waals surface area contributed by atoms with Crippen molar-refractivity contribution >= 4 is 47.7 Å². The minimum Gasteiger partial charge on any atom is -0.0620 e. The quantitative estimate of drug-likeness (QED) is 0.166. The molecule has 6 aromatic rings. The Bertz CT molecular complexity index is 1580. The Morgan fingerprint density at radius 3 is 0.773 bits per heavy atom. The first kappa shape index (κ1) is 31.6. The van der Waals surface area contributed by atoms with Crippen LogP contribution in [0.25, 0.3) is 0 Å². The molecular weight excluding hydrogens is 566 g/mol. The van der Waals surface area contributed by atoms with Gasteiger partial charge in [-0.2, -0.15) is 0 Å². The number of hydrogen-bond acceptors (Lipinski definition) is 0. The van der Waals surface area contributed by atoms with Crippen LogP contribution in [0, 0.1) is 41.5 Å². The lowest BCUT2D eigenvalue weighted by Crippen LogP contribution is -2.25. The second-order valence-corrected chi connectivity index (χ2v) is 15.9. The molecule has 6 aromatic carbocycles. The van der Waals surface area contributed by atoms with Crippen molar-refractivity contribution in [2.45, 2.75) is 41.5 Å². The zero-order valence-corrected chi connectivity index (χ0v) is 28.5. The van der Waals surface area contributed by atoms with Crippen molar-refractivity contribution < 1.29 is 0 Å². The standard InChI is InChI=1S/2C21H21P/c1-16-4-10-19(11-5-16)22(20-12-6-17(2)7-13-20)21-14-8-18(3)9-15-21;1-16-10-4-7-13-19(16)22(20-14-8-5-11-17(20)2)21-15-9-6-12-18(21)3/h2*4-15H,1-3H3. The molecule has 220 valence electrons. The predicted molar refractivity (Wildman–Crippen MR) is 199 cm³/mol. The van der Waals surface area contributed by atoms with Crippen molar-refractivity contribution in [1.82, 2.24) is 0 Å². The third-order valence-corrected chi connectivity index (χ3v) is 13.3. The summed E-state index contributed by atoms with van der Waals surface area (Å²) >= 11 is 0. The Morgan fingerprint density at radius 2 is 0.523 bits per heavy atom. The highest BCUT2D eigenvalue weighted by atomic mass is 31.1. The van der Waals surface area contributed by atoms with E-state index in [1.807, 2.05) is 0 Å². The SMILES string of the molecule is Cc1ccc(P(c2ccc(C)cc2)c2ccc(C)cc2)cc1.Cc1ccccc1P(c1ccccc1C)c1ccccc1C. The van der Waals surface area contributed by atoms with Gasteiger partial charge in [0.05, 0.1) is 0 Å². The molecule has 0 bridgehead atoms. The lowest BCUT2D eigenvalue weighted by molar-refractivity contribution is 1.48. The van der Waals surface area contributed by atoms with Crippen LogP contribution >= 0.6 is 15.8 Å². The van der Waals surface area contributed by atoms with E-state index in [-0.39, 0.29) is 0 Å². The number of benzene rings is 6. The fourth-order valence-corrected chi connectivity index (χ4v) is 10.4. The van der Waals surface area contributed by atoms with Crippen molar-refractivity contribution in [2.24, 2.45) is 0 Å². The second-order valence-electron chi connectivity index (χ2n) is 11.5. The number of rotatable bonds is 6.